The first-order valence-electron chi connectivity index (χ1n) is 18.7. The summed E-state index contributed by atoms with van der Waals surface area (Å²) in [6, 6.07) is -0.322. The Bertz CT molecular complexity index is 1200. The van der Waals surface area contributed by atoms with Crippen LogP contribution in [0.2, 0.25) is 0 Å². The SMILES string of the molecule is CCC1OC(=O)C(C)C(OC2CC(C)(OC)C(O)C(C)O2)C(C)C(OC2OC(C)CC(N(C)C)C2O)C(C)(O)CC(C)/C(=N\O)C(C)C(O)C1(C)O. The smallest absolute Gasteiger partial charge is 0.311 e. The minimum atomic E-state index is -1.97. The molecule has 0 radical (unpaired) electrons. The molecule has 18 atom stereocenters. The first-order valence-corrected chi connectivity index (χ1v) is 18.7. The van der Waals surface area contributed by atoms with Gasteiger partial charge in [-0.3, -0.25) is 4.79 Å². The predicted molar refractivity (Wildman–Crippen MR) is 190 cm³/mol. The maximum Gasteiger partial charge on any atom is 0.311 e. The van der Waals surface area contributed by atoms with E-state index < -0.39 is 102 Å². The van der Waals surface area contributed by atoms with E-state index in [0.29, 0.717) is 6.42 Å². The molecule has 0 amide bonds. The molecule has 0 aliphatic carbocycles. The Morgan fingerprint density at radius 3 is 2.08 bits per heavy atom. The van der Waals surface area contributed by atoms with Crippen LogP contribution in [0, 0.1) is 23.7 Å². The largest absolute Gasteiger partial charge is 0.459 e. The highest BCUT2D eigenvalue weighted by atomic mass is 16.7. The topological polar surface area (TPSA) is 209 Å². The van der Waals surface area contributed by atoms with Gasteiger partial charge in [0.1, 0.15) is 23.9 Å². The van der Waals surface area contributed by atoms with Gasteiger partial charge in [0.25, 0.3) is 0 Å². The molecule has 3 aliphatic rings. The lowest BCUT2D eigenvalue weighted by atomic mass is 9.73. The highest BCUT2D eigenvalue weighted by Gasteiger charge is 2.53. The van der Waals surface area contributed by atoms with Crippen LogP contribution in [-0.2, 0) is 33.2 Å². The summed E-state index contributed by atoms with van der Waals surface area (Å²) in [4.78, 5) is 16.0. The minimum Gasteiger partial charge on any atom is -0.459 e. The zero-order chi connectivity index (χ0) is 39.7. The average Bonchev–Trinajstić information content (AvgIpc) is 3.06. The number of carbonyl (C=O) groups excluding carboxylic acids is 1. The maximum absolute atomic E-state index is 14.1. The first-order chi connectivity index (χ1) is 24.0. The Morgan fingerprint density at radius 1 is 0.923 bits per heavy atom. The standard InChI is InChI=1S/C37H68N2O13/c1-14-25-37(10,45)30(41)20(4)27(38-46)18(2)16-35(8,44)32(52-34-28(40)24(39(11)12)15-19(3)48-34)21(5)29(22(6)33(43)50-25)51-26-17-36(9,47-13)31(42)23(7)49-26/h18-26,28-32,34,40-42,44-46H,14-17H2,1-13H3/b38-27+. The number of aliphatic hydroxyl groups excluding tert-OH is 3. The monoisotopic (exact) mass is 748 g/mol. The Morgan fingerprint density at radius 2 is 1.54 bits per heavy atom. The number of oxime groups is 1. The second kappa shape index (κ2) is 17.5. The Balaban J connectivity index is 2.21. The lowest BCUT2D eigenvalue weighted by Gasteiger charge is -2.49. The fourth-order valence-corrected chi connectivity index (χ4v) is 8.61. The second-order valence-electron chi connectivity index (χ2n) is 16.6. The maximum atomic E-state index is 14.1. The molecule has 0 saturated carbocycles. The third-order valence-corrected chi connectivity index (χ3v) is 12.0. The van der Waals surface area contributed by atoms with Gasteiger partial charge in [-0.15, -0.1) is 0 Å². The number of likely N-dealkylation sites (N-methyl/N-ethyl adjacent to an activating group) is 1. The van der Waals surface area contributed by atoms with E-state index in [1.807, 2.05) is 25.9 Å². The molecule has 3 heterocycles. The van der Waals surface area contributed by atoms with Crippen LogP contribution in [0.15, 0.2) is 5.16 Å². The zero-order valence-electron chi connectivity index (χ0n) is 33.4. The van der Waals surface area contributed by atoms with Gasteiger partial charge in [0.15, 0.2) is 12.6 Å². The number of hydrogen-bond donors (Lipinski definition) is 6. The van der Waals surface area contributed by atoms with Crippen LogP contribution in [0.25, 0.3) is 0 Å². The number of ether oxygens (including phenoxy) is 6. The van der Waals surface area contributed by atoms with Gasteiger partial charge in [-0.2, -0.15) is 0 Å². The molecule has 52 heavy (non-hydrogen) atoms. The number of aliphatic hydroxyl groups is 5. The highest BCUT2D eigenvalue weighted by molar-refractivity contribution is 5.88. The van der Waals surface area contributed by atoms with E-state index in [1.54, 1.807) is 55.4 Å². The summed E-state index contributed by atoms with van der Waals surface area (Å²) < 4.78 is 37.2. The van der Waals surface area contributed by atoms with E-state index in [1.165, 1.54) is 14.0 Å². The van der Waals surface area contributed by atoms with E-state index in [4.69, 9.17) is 28.4 Å². The normalized spacial score (nSPS) is 49.8. The number of nitrogens with zero attached hydrogens (tertiary/aromatic N) is 2. The highest BCUT2D eigenvalue weighted by Crippen LogP contribution is 2.41. The molecule has 3 saturated heterocycles. The van der Waals surface area contributed by atoms with Crippen molar-refractivity contribution in [1.82, 2.24) is 4.90 Å². The van der Waals surface area contributed by atoms with Crippen molar-refractivity contribution in [2.24, 2.45) is 28.8 Å². The van der Waals surface area contributed by atoms with Crippen molar-refractivity contribution < 1.29 is 64.0 Å². The van der Waals surface area contributed by atoms with Crippen LogP contribution in [0.1, 0.15) is 94.9 Å². The van der Waals surface area contributed by atoms with E-state index in [-0.39, 0.29) is 37.1 Å². The van der Waals surface area contributed by atoms with Crippen molar-refractivity contribution in [3.63, 3.8) is 0 Å². The number of cyclic esters (lactones) is 1. The summed E-state index contributed by atoms with van der Waals surface area (Å²) in [7, 11) is 5.19. The fraction of sp³-hybridized carbons (Fsp3) is 0.946. The number of carbonyl (C=O) groups is 1. The zero-order valence-corrected chi connectivity index (χ0v) is 33.4. The molecule has 18 unspecified atom stereocenters. The number of methoxy groups -OCH3 is 1. The van der Waals surface area contributed by atoms with E-state index in [0.717, 1.165) is 0 Å². The molecule has 15 heteroatoms. The molecule has 3 aliphatic heterocycles. The molecule has 0 bridgehead atoms. The van der Waals surface area contributed by atoms with Gasteiger partial charge in [-0.25, -0.2) is 0 Å². The van der Waals surface area contributed by atoms with Crippen molar-refractivity contribution >= 4 is 11.7 Å². The van der Waals surface area contributed by atoms with Crippen molar-refractivity contribution in [2.75, 3.05) is 21.2 Å². The quantitative estimate of drug-likeness (QED) is 0.125. The minimum absolute atomic E-state index is 0.0657. The Hall–Kier alpha value is -1.50. The van der Waals surface area contributed by atoms with Gasteiger partial charge < -0.3 is 64.1 Å². The van der Waals surface area contributed by atoms with E-state index in [9.17, 15) is 35.5 Å². The summed E-state index contributed by atoms with van der Waals surface area (Å²) in [6.07, 6.45) is -9.51. The summed E-state index contributed by atoms with van der Waals surface area (Å²) in [5.41, 5.74) is -4.68. The van der Waals surface area contributed by atoms with E-state index >= 15 is 0 Å². The Labute approximate surface area is 309 Å². The van der Waals surface area contributed by atoms with Gasteiger partial charge in [-0.05, 0) is 74.9 Å². The fourth-order valence-electron chi connectivity index (χ4n) is 8.61. The van der Waals surface area contributed by atoms with Crippen LogP contribution in [0.4, 0.5) is 0 Å². The predicted octanol–water partition coefficient (Wildman–Crippen LogP) is 2.05. The molecule has 3 fully saturated rings. The van der Waals surface area contributed by atoms with Gasteiger partial charge in [0, 0.05) is 37.3 Å². The summed E-state index contributed by atoms with van der Waals surface area (Å²) in [6.45, 7) is 16.6. The molecule has 304 valence electrons. The molecule has 0 aromatic rings. The lowest BCUT2D eigenvalue weighted by molar-refractivity contribution is -0.317. The second-order valence-corrected chi connectivity index (χ2v) is 16.6. The van der Waals surface area contributed by atoms with Crippen molar-refractivity contribution in [3.05, 3.63) is 0 Å². The van der Waals surface area contributed by atoms with Crippen molar-refractivity contribution in [1.29, 1.82) is 0 Å². The van der Waals surface area contributed by atoms with Gasteiger partial charge in [0.05, 0.1) is 53.4 Å². The summed E-state index contributed by atoms with van der Waals surface area (Å²) in [5.74, 6) is -4.24. The third kappa shape index (κ3) is 9.47. The van der Waals surface area contributed by atoms with E-state index in [2.05, 4.69) is 5.16 Å². The van der Waals surface area contributed by atoms with Crippen LogP contribution in [0.5, 0.6) is 0 Å². The number of hydrogen-bond acceptors (Lipinski definition) is 15. The van der Waals surface area contributed by atoms with Gasteiger partial charge >= 0.3 is 5.97 Å². The number of rotatable bonds is 7. The molecule has 6 N–H and O–H groups in total. The molecule has 0 spiro atoms. The average molecular weight is 749 g/mol. The lowest BCUT2D eigenvalue weighted by Crippen LogP contribution is -2.61. The van der Waals surface area contributed by atoms with Crippen LogP contribution in [0.3, 0.4) is 0 Å². The molecule has 0 aromatic heterocycles. The van der Waals surface area contributed by atoms with Gasteiger partial charge in [0.2, 0.25) is 0 Å². The summed E-state index contributed by atoms with van der Waals surface area (Å²) in [5, 5.41) is 71.8. The first kappa shape index (κ1) is 44.9. The van der Waals surface area contributed by atoms with Crippen molar-refractivity contribution in [2.45, 2.75) is 179 Å². The van der Waals surface area contributed by atoms with Crippen LogP contribution >= 0.6 is 0 Å². The molecule has 0 aromatic carbocycles. The van der Waals surface area contributed by atoms with Gasteiger partial charge in [-0.1, -0.05) is 32.9 Å². The molecular weight excluding hydrogens is 680 g/mol. The molecular formula is C37H68N2O13. The number of esters is 1. The van der Waals surface area contributed by atoms with Crippen molar-refractivity contribution in [3.8, 4) is 0 Å². The summed E-state index contributed by atoms with van der Waals surface area (Å²) >= 11 is 0. The van der Waals surface area contributed by atoms with Crippen LogP contribution < -0.4 is 0 Å². The molecule has 15 nitrogen and oxygen atoms in total. The Kier molecular flexibility index (Phi) is 15.1. The third-order valence-electron chi connectivity index (χ3n) is 12.0. The van der Waals surface area contributed by atoms with Crippen LogP contribution in [-0.4, -0.2) is 153 Å². The molecule has 3 rings (SSSR count).